The minimum absolute atomic E-state index is 0.195. The number of nitrogens with one attached hydrogen (secondary N) is 2. The smallest absolute Gasteiger partial charge is 0.321 e. The summed E-state index contributed by atoms with van der Waals surface area (Å²) in [7, 11) is 1.69. The molecule has 2 aromatic heterocycles. The molecule has 0 aliphatic carbocycles. The first-order chi connectivity index (χ1) is 22.5. The summed E-state index contributed by atoms with van der Waals surface area (Å²) >= 11 is 0. The number of likely N-dealkylation sites (N-methyl/N-ethyl adjacent to an activating group) is 1. The van der Waals surface area contributed by atoms with Crippen LogP contribution >= 0.6 is 0 Å². The Morgan fingerprint density at radius 1 is 1.13 bits per heavy atom. The Hall–Kier alpha value is -4.49. The van der Waals surface area contributed by atoms with Crippen LogP contribution in [0.1, 0.15) is 72.2 Å². The van der Waals surface area contributed by atoms with Crippen LogP contribution in [0.2, 0.25) is 0 Å². The number of carbonyl (C=O) groups excluding carboxylic acids is 3. The Morgan fingerprint density at radius 2 is 1.87 bits per heavy atom. The molecule has 0 unspecified atom stereocenters. The molecular weight excluding hydrogens is 604 g/mol. The monoisotopic (exact) mass is 650 g/mol. The highest BCUT2D eigenvalue weighted by atomic mass is 16.5. The van der Waals surface area contributed by atoms with E-state index in [1.165, 1.54) is 12.4 Å². The number of amides is 4. The standard InChI is InChI=1S/C34H46N6O7/c1-21-18-40(22(2)20-41)33(43)28-17-27(36-32(42)26-12-14-35-15-13-26)10-11-29(28)46-23(3)9-7-8-16-45-30(21)19-39(6)34(44)37-31-24(4)38-47-25(31)5/h10-15,17,21-23,30,41H,7-9,16,18-20H2,1-6H3,(H,36,42)(H,37,44)/t21-,22-,23-,30-/m1/s1. The fourth-order valence-electron chi connectivity index (χ4n) is 5.39. The second-order valence-corrected chi connectivity index (χ2v) is 12.2. The van der Waals surface area contributed by atoms with Gasteiger partial charge in [-0.15, -0.1) is 0 Å². The molecule has 0 saturated carbocycles. The average Bonchev–Trinajstić information content (AvgIpc) is 3.38. The summed E-state index contributed by atoms with van der Waals surface area (Å²) in [5.41, 5.74) is 2.23. The fourth-order valence-corrected chi connectivity index (χ4v) is 5.39. The lowest BCUT2D eigenvalue weighted by Gasteiger charge is -2.35. The van der Waals surface area contributed by atoms with Crippen molar-refractivity contribution in [2.45, 2.75) is 72.1 Å². The summed E-state index contributed by atoms with van der Waals surface area (Å²) in [6.45, 7) is 9.86. The number of aliphatic hydroxyl groups is 1. The lowest BCUT2D eigenvalue weighted by atomic mass is 10.0. The second kappa shape index (κ2) is 16.4. The first-order valence-corrected chi connectivity index (χ1v) is 16.0. The molecule has 0 fully saturated rings. The van der Waals surface area contributed by atoms with Crippen LogP contribution in [0.4, 0.5) is 16.2 Å². The number of nitrogens with zero attached hydrogens (tertiary/aromatic N) is 4. The van der Waals surface area contributed by atoms with Crippen LogP contribution in [0.25, 0.3) is 0 Å². The quantitative estimate of drug-likeness (QED) is 0.323. The average molecular weight is 651 g/mol. The number of aliphatic hydroxyl groups excluding tert-OH is 1. The molecule has 4 amide bonds. The largest absolute Gasteiger partial charge is 0.490 e. The zero-order valence-electron chi connectivity index (χ0n) is 28.0. The number of rotatable bonds is 7. The molecule has 1 aliphatic heterocycles. The lowest BCUT2D eigenvalue weighted by molar-refractivity contribution is -0.0115. The molecule has 3 aromatic rings. The van der Waals surface area contributed by atoms with Crippen molar-refractivity contribution >= 4 is 29.2 Å². The fraction of sp³-hybridized carbons (Fsp3) is 0.500. The van der Waals surface area contributed by atoms with Crippen molar-refractivity contribution in [2.75, 3.05) is 44.0 Å². The Balaban J connectivity index is 1.60. The molecule has 1 aromatic carbocycles. The zero-order chi connectivity index (χ0) is 34.1. The number of ether oxygens (including phenoxy) is 2. The number of benzene rings is 1. The minimum atomic E-state index is -0.542. The van der Waals surface area contributed by atoms with Crippen LogP contribution in [-0.2, 0) is 4.74 Å². The van der Waals surface area contributed by atoms with E-state index in [-0.39, 0.29) is 55.1 Å². The van der Waals surface area contributed by atoms with Crippen LogP contribution in [-0.4, -0.2) is 94.5 Å². The van der Waals surface area contributed by atoms with Gasteiger partial charge in [-0.25, -0.2) is 4.79 Å². The first-order valence-electron chi connectivity index (χ1n) is 16.0. The Kier molecular flexibility index (Phi) is 12.3. The molecule has 0 radical (unpaired) electrons. The molecule has 0 spiro atoms. The third kappa shape index (κ3) is 9.29. The number of fused-ring (bicyclic) bond motifs is 1. The second-order valence-electron chi connectivity index (χ2n) is 12.2. The summed E-state index contributed by atoms with van der Waals surface area (Å²) in [4.78, 5) is 47.5. The summed E-state index contributed by atoms with van der Waals surface area (Å²) in [5, 5.41) is 19.8. The van der Waals surface area contributed by atoms with E-state index in [1.54, 1.807) is 68.0 Å². The maximum absolute atomic E-state index is 14.3. The molecule has 3 heterocycles. The number of carbonyl (C=O) groups is 3. The van der Waals surface area contributed by atoms with E-state index >= 15 is 0 Å². The number of aromatic nitrogens is 2. The van der Waals surface area contributed by atoms with Gasteiger partial charge in [0.2, 0.25) is 0 Å². The van der Waals surface area contributed by atoms with Gasteiger partial charge in [0.1, 0.15) is 17.1 Å². The molecule has 3 N–H and O–H groups in total. The van der Waals surface area contributed by atoms with Gasteiger partial charge in [0.15, 0.2) is 5.76 Å². The Labute approximate surface area is 275 Å². The van der Waals surface area contributed by atoms with Crippen LogP contribution in [0.3, 0.4) is 0 Å². The van der Waals surface area contributed by atoms with Gasteiger partial charge in [0.25, 0.3) is 11.8 Å². The van der Waals surface area contributed by atoms with E-state index in [0.717, 1.165) is 19.3 Å². The number of pyridine rings is 1. The number of aryl methyl sites for hydroxylation is 2. The molecule has 254 valence electrons. The van der Waals surface area contributed by atoms with Crippen LogP contribution in [0, 0.1) is 19.8 Å². The highest BCUT2D eigenvalue weighted by Gasteiger charge is 2.31. The molecule has 13 nitrogen and oxygen atoms in total. The minimum Gasteiger partial charge on any atom is -0.490 e. The molecule has 13 heteroatoms. The number of hydrogen-bond donors (Lipinski definition) is 3. The van der Waals surface area contributed by atoms with Gasteiger partial charge in [0, 0.05) is 56.3 Å². The highest BCUT2D eigenvalue weighted by Crippen LogP contribution is 2.29. The van der Waals surface area contributed by atoms with E-state index in [0.29, 0.717) is 40.7 Å². The van der Waals surface area contributed by atoms with Crippen molar-refractivity contribution in [2.24, 2.45) is 5.92 Å². The third-order valence-electron chi connectivity index (χ3n) is 8.32. The zero-order valence-corrected chi connectivity index (χ0v) is 28.0. The number of hydrogen-bond acceptors (Lipinski definition) is 9. The lowest BCUT2D eigenvalue weighted by Crippen LogP contribution is -2.48. The van der Waals surface area contributed by atoms with Gasteiger partial charge in [0.05, 0.1) is 30.4 Å². The maximum atomic E-state index is 14.3. The molecule has 0 saturated heterocycles. The van der Waals surface area contributed by atoms with E-state index in [9.17, 15) is 19.5 Å². The van der Waals surface area contributed by atoms with E-state index in [1.807, 2.05) is 13.8 Å². The molecular formula is C34H46N6O7. The Morgan fingerprint density at radius 3 is 2.55 bits per heavy atom. The van der Waals surface area contributed by atoms with Crippen LogP contribution in [0.15, 0.2) is 47.2 Å². The van der Waals surface area contributed by atoms with Crippen molar-refractivity contribution in [3.05, 3.63) is 65.3 Å². The highest BCUT2D eigenvalue weighted by molar-refractivity contribution is 6.05. The summed E-state index contributed by atoms with van der Waals surface area (Å²) in [6.07, 6.45) is 4.81. The molecule has 4 rings (SSSR count). The SMILES string of the molecule is Cc1noc(C)c1NC(=O)N(C)C[C@H]1OCCCC[C@@H](C)Oc2ccc(NC(=O)c3ccncc3)cc2C(=O)N([C@H](C)CO)C[C@H]1C. The predicted octanol–water partition coefficient (Wildman–Crippen LogP) is 4.90. The Bertz CT molecular complexity index is 1490. The predicted molar refractivity (Wildman–Crippen MR) is 177 cm³/mol. The number of urea groups is 1. The summed E-state index contributed by atoms with van der Waals surface area (Å²) in [5.74, 6) is -0.0268. The third-order valence-corrected chi connectivity index (χ3v) is 8.32. The van der Waals surface area contributed by atoms with Gasteiger partial charge in [-0.3, -0.25) is 14.6 Å². The molecule has 0 bridgehead atoms. The van der Waals surface area contributed by atoms with Crippen molar-refractivity contribution in [3.8, 4) is 5.75 Å². The van der Waals surface area contributed by atoms with Crippen molar-refractivity contribution in [3.63, 3.8) is 0 Å². The molecule has 1 aliphatic rings. The van der Waals surface area contributed by atoms with Gasteiger partial charge in [-0.05, 0) is 77.3 Å². The summed E-state index contributed by atoms with van der Waals surface area (Å²) < 4.78 is 17.8. The van der Waals surface area contributed by atoms with Crippen molar-refractivity contribution < 1.29 is 33.5 Å². The molecule has 47 heavy (non-hydrogen) atoms. The first kappa shape index (κ1) is 35.4. The van der Waals surface area contributed by atoms with Gasteiger partial charge >= 0.3 is 6.03 Å². The van der Waals surface area contributed by atoms with Gasteiger partial charge < -0.3 is 39.5 Å². The van der Waals surface area contributed by atoms with Crippen molar-refractivity contribution in [1.82, 2.24) is 19.9 Å². The number of anilines is 2. The van der Waals surface area contributed by atoms with Crippen molar-refractivity contribution in [1.29, 1.82) is 0 Å². The van der Waals surface area contributed by atoms with Gasteiger partial charge in [-0.2, -0.15) is 0 Å². The van der Waals surface area contributed by atoms with E-state index in [2.05, 4.69) is 20.8 Å². The summed E-state index contributed by atoms with van der Waals surface area (Å²) in [6, 6.07) is 7.34. The molecule has 4 atom stereocenters. The topological polar surface area (TPSA) is 159 Å². The van der Waals surface area contributed by atoms with E-state index in [4.69, 9.17) is 14.0 Å². The normalized spacial score (nSPS) is 19.9. The van der Waals surface area contributed by atoms with Crippen LogP contribution < -0.4 is 15.4 Å². The van der Waals surface area contributed by atoms with Crippen LogP contribution in [0.5, 0.6) is 5.75 Å². The maximum Gasteiger partial charge on any atom is 0.321 e. The van der Waals surface area contributed by atoms with Gasteiger partial charge in [-0.1, -0.05) is 12.1 Å². The van der Waals surface area contributed by atoms with E-state index < -0.39 is 12.1 Å².